The van der Waals surface area contributed by atoms with E-state index < -0.39 is 0 Å². The third-order valence-electron chi connectivity index (χ3n) is 2.87. The summed E-state index contributed by atoms with van der Waals surface area (Å²) in [7, 11) is 0. The van der Waals surface area contributed by atoms with Crippen LogP contribution in [0.25, 0.3) is 0 Å². The summed E-state index contributed by atoms with van der Waals surface area (Å²) < 4.78 is 13.6. The molecule has 0 radical (unpaired) electrons. The van der Waals surface area contributed by atoms with E-state index in [-0.39, 0.29) is 17.8 Å². The van der Waals surface area contributed by atoms with Gasteiger partial charge in [0.1, 0.15) is 5.82 Å². The molecular formula is C13H18ClFO. The van der Waals surface area contributed by atoms with E-state index in [4.69, 9.17) is 11.6 Å². The minimum atomic E-state index is -0.289. The van der Waals surface area contributed by atoms with Gasteiger partial charge in [-0.3, -0.25) is 0 Å². The molecule has 1 N–H and O–H groups in total. The highest BCUT2D eigenvalue weighted by Gasteiger charge is 2.24. The van der Waals surface area contributed by atoms with Crippen LogP contribution >= 0.6 is 11.6 Å². The maximum absolute atomic E-state index is 13.6. The Morgan fingerprint density at radius 1 is 1.44 bits per heavy atom. The molecule has 16 heavy (non-hydrogen) atoms. The summed E-state index contributed by atoms with van der Waals surface area (Å²) in [6.07, 6.45) is 2.40. The molecule has 1 unspecified atom stereocenters. The monoisotopic (exact) mass is 244 g/mol. The van der Waals surface area contributed by atoms with Gasteiger partial charge in [-0.15, -0.1) is 0 Å². The Labute approximate surface area is 101 Å². The summed E-state index contributed by atoms with van der Waals surface area (Å²) in [4.78, 5) is 0. The fourth-order valence-corrected chi connectivity index (χ4v) is 2.11. The van der Waals surface area contributed by atoms with E-state index in [1.807, 2.05) is 6.92 Å². The molecule has 0 saturated carbocycles. The first-order valence-electron chi connectivity index (χ1n) is 5.55. The van der Waals surface area contributed by atoms with Gasteiger partial charge in [0.2, 0.25) is 0 Å². The second kappa shape index (κ2) is 5.65. The molecule has 0 amide bonds. The zero-order chi connectivity index (χ0) is 12.2. The van der Waals surface area contributed by atoms with Gasteiger partial charge in [0.15, 0.2) is 0 Å². The van der Waals surface area contributed by atoms with E-state index in [2.05, 4.69) is 6.92 Å². The van der Waals surface area contributed by atoms with E-state index in [0.717, 1.165) is 12.8 Å². The lowest BCUT2D eigenvalue weighted by Gasteiger charge is -2.27. The van der Waals surface area contributed by atoms with Gasteiger partial charge in [-0.25, -0.2) is 4.39 Å². The Morgan fingerprint density at radius 2 is 2.12 bits per heavy atom. The second-order valence-electron chi connectivity index (χ2n) is 4.63. The second-order valence-corrected chi connectivity index (χ2v) is 5.07. The molecule has 1 aromatic carbocycles. The quantitative estimate of drug-likeness (QED) is 0.835. The van der Waals surface area contributed by atoms with Crippen molar-refractivity contribution < 1.29 is 9.50 Å². The van der Waals surface area contributed by atoms with Crippen LogP contribution in [-0.4, -0.2) is 11.7 Å². The Balaban J connectivity index is 2.85. The van der Waals surface area contributed by atoms with Crippen molar-refractivity contribution in [1.29, 1.82) is 0 Å². The van der Waals surface area contributed by atoms with Crippen molar-refractivity contribution in [2.24, 2.45) is 5.41 Å². The predicted octanol–water partition coefficient (Wildman–Crippen LogP) is 3.82. The molecule has 90 valence electrons. The molecule has 0 aliphatic carbocycles. The summed E-state index contributed by atoms with van der Waals surface area (Å²) in [5.74, 6) is -0.289. The van der Waals surface area contributed by atoms with Crippen LogP contribution in [0.1, 0.15) is 32.3 Å². The van der Waals surface area contributed by atoms with Crippen LogP contribution in [0.3, 0.4) is 0 Å². The van der Waals surface area contributed by atoms with Gasteiger partial charge in [0.05, 0.1) is 0 Å². The number of hydrogen-bond donors (Lipinski definition) is 1. The molecule has 0 aromatic heterocycles. The number of rotatable bonds is 5. The maximum atomic E-state index is 13.6. The molecule has 0 aliphatic rings. The first-order chi connectivity index (χ1) is 7.50. The summed E-state index contributed by atoms with van der Waals surface area (Å²) in [6.45, 7) is 4.11. The molecule has 1 atom stereocenters. The van der Waals surface area contributed by atoms with Gasteiger partial charge in [-0.1, -0.05) is 37.9 Å². The molecule has 3 heteroatoms. The Bertz CT molecular complexity index is 354. The molecule has 0 spiro atoms. The SMILES string of the molecule is CCCC(C)(CO)Cc1ccc(Cl)cc1F. The number of aliphatic hydroxyl groups excluding tert-OH is 1. The van der Waals surface area contributed by atoms with Crippen LogP contribution in [0.15, 0.2) is 18.2 Å². The van der Waals surface area contributed by atoms with Gasteiger partial charge in [0.25, 0.3) is 0 Å². The largest absolute Gasteiger partial charge is 0.396 e. The highest BCUT2D eigenvalue weighted by molar-refractivity contribution is 6.30. The Morgan fingerprint density at radius 3 is 2.62 bits per heavy atom. The first kappa shape index (κ1) is 13.5. The molecular weight excluding hydrogens is 227 g/mol. The number of benzene rings is 1. The van der Waals surface area contributed by atoms with Crippen molar-refractivity contribution in [3.63, 3.8) is 0 Å². The van der Waals surface area contributed by atoms with Crippen molar-refractivity contribution in [1.82, 2.24) is 0 Å². The zero-order valence-electron chi connectivity index (χ0n) is 9.76. The van der Waals surface area contributed by atoms with Crippen LogP contribution in [0.2, 0.25) is 5.02 Å². The molecule has 0 fully saturated rings. The Kier molecular flexibility index (Phi) is 4.75. The summed E-state index contributed by atoms with van der Waals surface area (Å²) in [5.41, 5.74) is 0.373. The van der Waals surface area contributed by atoms with Gasteiger partial charge in [-0.2, -0.15) is 0 Å². The smallest absolute Gasteiger partial charge is 0.127 e. The average molecular weight is 245 g/mol. The van der Waals surface area contributed by atoms with Gasteiger partial charge < -0.3 is 5.11 Å². The van der Waals surface area contributed by atoms with Crippen molar-refractivity contribution in [2.75, 3.05) is 6.61 Å². The average Bonchev–Trinajstić information content (AvgIpc) is 2.23. The van der Waals surface area contributed by atoms with E-state index >= 15 is 0 Å². The molecule has 1 aromatic rings. The fraction of sp³-hybridized carbons (Fsp3) is 0.538. The standard InChI is InChI=1S/C13H18ClFO/c1-3-6-13(2,9-16)8-10-4-5-11(14)7-12(10)15/h4-5,7,16H,3,6,8-9H2,1-2H3. The van der Waals surface area contributed by atoms with Crippen LogP contribution in [0.5, 0.6) is 0 Å². The van der Waals surface area contributed by atoms with E-state index in [1.165, 1.54) is 6.07 Å². The highest BCUT2D eigenvalue weighted by Crippen LogP contribution is 2.29. The summed E-state index contributed by atoms with van der Waals surface area (Å²) in [5, 5.41) is 9.78. The molecule has 1 nitrogen and oxygen atoms in total. The van der Waals surface area contributed by atoms with Crippen molar-refractivity contribution in [3.8, 4) is 0 Å². The highest BCUT2D eigenvalue weighted by atomic mass is 35.5. The van der Waals surface area contributed by atoms with Crippen LogP contribution < -0.4 is 0 Å². The maximum Gasteiger partial charge on any atom is 0.127 e. The van der Waals surface area contributed by atoms with E-state index in [9.17, 15) is 9.50 Å². The first-order valence-corrected chi connectivity index (χ1v) is 5.93. The lowest BCUT2D eigenvalue weighted by Crippen LogP contribution is -2.24. The third kappa shape index (κ3) is 3.46. The predicted molar refractivity (Wildman–Crippen MR) is 65.2 cm³/mol. The van der Waals surface area contributed by atoms with Gasteiger partial charge >= 0.3 is 0 Å². The number of hydrogen-bond acceptors (Lipinski definition) is 1. The molecule has 0 aliphatic heterocycles. The fourth-order valence-electron chi connectivity index (χ4n) is 1.95. The summed E-state index contributed by atoms with van der Waals surface area (Å²) in [6, 6.07) is 4.70. The van der Waals surface area contributed by atoms with E-state index in [0.29, 0.717) is 17.0 Å². The van der Waals surface area contributed by atoms with E-state index in [1.54, 1.807) is 12.1 Å². The van der Waals surface area contributed by atoms with Crippen LogP contribution in [0, 0.1) is 11.2 Å². The van der Waals surface area contributed by atoms with Gasteiger partial charge in [0, 0.05) is 11.6 Å². The Hall–Kier alpha value is -0.600. The number of halogens is 2. The van der Waals surface area contributed by atoms with Crippen molar-refractivity contribution >= 4 is 11.6 Å². The lowest BCUT2D eigenvalue weighted by molar-refractivity contribution is 0.130. The number of aliphatic hydroxyl groups is 1. The van der Waals surface area contributed by atoms with Crippen LogP contribution in [-0.2, 0) is 6.42 Å². The molecule has 0 bridgehead atoms. The molecule has 0 saturated heterocycles. The normalized spacial score (nSPS) is 14.8. The van der Waals surface area contributed by atoms with Crippen LogP contribution in [0.4, 0.5) is 4.39 Å². The lowest BCUT2D eigenvalue weighted by atomic mass is 9.80. The van der Waals surface area contributed by atoms with Gasteiger partial charge in [-0.05, 0) is 36.0 Å². The minimum absolute atomic E-state index is 0.0723. The van der Waals surface area contributed by atoms with Crippen molar-refractivity contribution in [2.45, 2.75) is 33.1 Å². The zero-order valence-corrected chi connectivity index (χ0v) is 10.5. The topological polar surface area (TPSA) is 20.2 Å². The minimum Gasteiger partial charge on any atom is -0.396 e. The molecule has 1 rings (SSSR count). The summed E-state index contributed by atoms with van der Waals surface area (Å²) >= 11 is 5.69. The molecule has 0 heterocycles. The van der Waals surface area contributed by atoms with Crippen molar-refractivity contribution in [3.05, 3.63) is 34.6 Å². The third-order valence-corrected chi connectivity index (χ3v) is 3.10.